The molecule has 0 spiro atoms. The van der Waals surface area contributed by atoms with Crippen molar-refractivity contribution in [1.29, 1.82) is 0 Å². The van der Waals surface area contributed by atoms with Crippen LogP contribution in [-0.4, -0.2) is 20.6 Å². The van der Waals surface area contributed by atoms with Crippen molar-refractivity contribution in [3.8, 4) is 5.75 Å². The number of esters is 1. The van der Waals surface area contributed by atoms with Crippen LogP contribution in [0.25, 0.3) is 5.65 Å². The zero-order valence-electron chi connectivity index (χ0n) is 12.9. The van der Waals surface area contributed by atoms with Gasteiger partial charge in [-0.3, -0.25) is 14.7 Å². The summed E-state index contributed by atoms with van der Waals surface area (Å²) >= 11 is 9.35. The molecule has 124 valence electrons. The third kappa shape index (κ3) is 3.22. The SMILES string of the molecule is Cc1nc2cc(=O)[nH]n2c(C)c1CC(=O)Oc1ccc(Br)cc1Cl. The predicted molar refractivity (Wildman–Crippen MR) is 93.8 cm³/mol. The van der Waals surface area contributed by atoms with Gasteiger partial charge in [-0.05, 0) is 32.0 Å². The number of halogens is 2. The maximum atomic E-state index is 12.3. The largest absolute Gasteiger partial charge is 0.425 e. The van der Waals surface area contributed by atoms with Gasteiger partial charge in [0, 0.05) is 27.5 Å². The molecule has 1 N–H and O–H groups in total. The highest BCUT2D eigenvalue weighted by molar-refractivity contribution is 9.10. The zero-order valence-corrected chi connectivity index (χ0v) is 15.2. The maximum Gasteiger partial charge on any atom is 0.315 e. The molecule has 0 radical (unpaired) electrons. The Kier molecular flexibility index (Phi) is 4.47. The first-order chi connectivity index (χ1) is 11.3. The number of H-pyrrole nitrogens is 1. The molecule has 3 aromatic rings. The van der Waals surface area contributed by atoms with Crippen LogP contribution in [0.2, 0.25) is 5.02 Å². The highest BCUT2D eigenvalue weighted by Crippen LogP contribution is 2.28. The minimum atomic E-state index is -0.457. The van der Waals surface area contributed by atoms with E-state index in [1.54, 1.807) is 29.6 Å². The second-order valence-corrected chi connectivity index (χ2v) is 6.62. The van der Waals surface area contributed by atoms with E-state index in [9.17, 15) is 9.59 Å². The second kappa shape index (κ2) is 6.41. The number of carbonyl (C=O) groups is 1. The third-order valence-electron chi connectivity index (χ3n) is 3.64. The van der Waals surface area contributed by atoms with E-state index in [0.29, 0.717) is 27.7 Å². The summed E-state index contributed by atoms with van der Waals surface area (Å²) in [7, 11) is 0. The number of hydrogen-bond donors (Lipinski definition) is 1. The van der Waals surface area contributed by atoms with Gasteiger partial charge in [-0.1, -0.05) is 27.5 Å². The Bertz CT molecular complexity index is 1010. The third-order valence-corrected chi connectivity index (χ3v) is 4.43. The van der Waals surface area contributed by atoms with E-state index in [0.717, 1.165) is 10.2 Å². The van der Waals surface area contributed by atoms with E-state index in [-0.39, 0.29) is 12.0 Å². The topological polar surface area (TPSA) is 76.5 Å². The molecule has 0 amide bonds. The summed E-state index contributed by atoms with van der Waals surface area (Å²) < 4.78 is 7.69. The van der Waals surface area contributed by atoms with Crippen molar-refractivity contribution in [3.63, 3.8) is 0 Å². The van der Waals surface area contributed by atoms with Crippen molar-refractivity contribution in [3.05, 3.63) is 61.1 Å². The molecular weight excluding hydrogens is 398 g/mol. The fourth-order valence-corrected chi connectivity index (χ4v) is 3.18. The molecule has 0 aliphatic heterocycles. The molecule has 2 heterocycles. The van der Waals surface area contributed by atoms with Gasteiger partial charge in [0.05, 0.1) is 11.4 Å². The quantitative estimate of drug-likeness (QED) is 0.531. The van der Waals surface area contributed by atoms with Crippen LogP contribution in [0.3, 0.4) is 0 Å². The number of rotatable bonds is 3. The standard InChI is InChI=1S/C16H13BrClN3O3/c1-8-11(9(2)21-14(19-8)7-15(22)20-21)6-16(23)24-13-4-3-10(17)5-12(13)18/h3-5,7H,6H2,1-2H3,(H,20,22). The molecule has 0 saturated heterocycles. The number of ether oxygens (including phenoxy) is 1. The number of aryl methyl sites for hydroxylation is 2. The van der Waals surface area contributed by atoms with Crippen molar-refractivity contribution in [1.82, 2.24) is 14.6 Å². The lowest BCUT2D eigenvalue weighted by atomic mass is 10.1. The van der Waals surface area contributed by atoms with Crippen LogP contribution in [0.1, 0.15) is 17.0 Å². The Morgan fingerprint density at radius 2 is 2.12 bits per heavy atom. The van der Waals surface area contributed by atoms with E-state index in [1.165, 1.54) is 6.07 Å². The smallest absolute Gasteiger partial charge is 0.315 e. The molecular formula is C16H13BrClN3O3. The average Bonchev–Trinajstić information content (AvgIpc) is 2.87. The van der Waals surface area contributed by atoms with Gasteiger partial charge in [-0.15, -0.1) is 0 Å². The summed E-state index contributed by atoms with van der Waals surface area (Å²) in [5, 5.41) is 2.99. The fraction of sp³-hybridized carbons (Fsp3) is 0.188. The molecule has 1 aromatic carbocycles. The van der Waals surface area contributed by atoms with E-state index >= 15 is 0 Å². The number of aromatic nitrogens is 3. The molecule has 0 aliphatic carbocycles. The fourth-order valence-electron chi connectivity index (χ4n) is 2.47. The Labute approximate surface area is 150 Å². The molecule has 0 aliphatic rings. The molecule has 0 bridgehead atoms. The highest BCUT2D eigenvalue weighted by Gasteiger charge is 2.16. The second-order valence-electron chi connectivity index (χ2n) is 5.30. The summed E-state index contributed by atoms with van der Waals surface area (Å²) in [6, 6.07) is 6.42. The van der Waals surface area contributed by atoms with E-state index in [2.05, 4.69) is 26.0 Å². The number of benzene rings is 1. The van der Waals surface area contributed by atoms with Crippen molar-refractivity contribution in [2.45, 2.75) is 20.3 Å². The van der Waals surface area contributed by atoms with Gasteiger partial charge in [0.15, 0.2) is 5.65 Å². The van der Waals surface area contributed by atoms with Crippen molar-refractivity contribution < 1.29 is 9.53 Å². The molecule has 3 rings (SSSR count). The summed E-state index contributed by atoms with van der Waals surface area (Å²) in [4.78, 5) is 28.1. The van der Waals surface area contributed by atoms with Crippen LogP contribution in [0.15, 0.2) is 33.5 Å². The van der Waals surface area contributed by atoms with Crippen LogP contribution < -0.4 is 10.3 Å². The summed E-state index contributed by atoms with van der Waals surface area (Å²) in [5.41, 5.74) is 2.38. The Morgan fingerprint density at radius 3 is 2.83 bits per heavy atom. The molecule has 8 heteroatoms. The molecule has 0 atom stereocenters. The van der Waals surface area contributed by atoms with Gasteiger partial charge in [0.2, 0.25) is 0 Å². The normalized spacial score (nSPS) is 11.0. The van der Waals surface area contributed by atoms with Crippen molar-refractivity contribution >= 4 is 39.1 Å². The molecule has 0 fully saturated rings. The number of nitrogens with zero attached hydrogens (tertiary/aromatic N) is 2. The van der Waals surface area contributed by atoms with Gasteiger partial charge in [-0.2, -0.15) is 0 Å². The first-order valence-electron chi connectivity index (χ1n) is 7.08. The number of nitrogens with one attached hydrogen (secondary N) is 1. The van der Waals surface area contributed by atoms with Gasteiger partial charge in [0.1, 0.15) is 5.75 Å². The van der Waals surface area contributed by atoms with Crippen molar-refractivity contribution in [2.24, 2.45) is 0 Å². The zero-order chi connectivity index (χ0) is 17.4. The minimum absolute atomic E-state index is 0.0210. The van der Waals surface area contributed by atoms with Gasteiger partial charge in [0.25, 0.3) is 5.56 Å². The number of fused-ring (bicyclic) bond motifs is 1. The predicted octanol–water partition coefficient (Wildman–Crippen LogP) is 3.20. The lowest BCUT2D eigenvalue weighted by Gasteiger charge is -2.11. The average molecular weight is 411 g/mol. The lowest BCUT2D eigenvalue weighted by molar-refractivity contribution is -0.133. The van der Waals surface area contributed by atoms with Gasteiger partial charge >= 0.3 is 5.97 Å². The van der Waals surface area contributed by atoms with Crippen LogP contribution in [0.4, 0.5) is 0 Å². The van der Waals surface area contributed by atoms with Crippen LogP contribution in [0.5, 0.6) is 5.75 Å². The molecule has 2 aromatic heterocycles. The van der Waals surface area contributed by atoms with E-state index in [1.807, 2.05) is 6.92 Å². The van der Waals surface area contributed by atoms with Gasteiger partial charge in [-0.25, -0.2) is 9.50 Å². The number of hydrogen-bond acceptors (Lipinski definition) is 4. The Balaban J connectivity index is 1.89. The molecule has 0 unspecified atom stereocenters. The first kappa shape index (κ1) is 16.7. The molecule has 6 nitrogen and oxygen atoms in total. The Morgan fingerprint density at radius 1 is 1.38 bits per heavy atom. The van der Waals surface area contributed by atoms with E-state index < -0.39 is 5.97 Å². The molecule has 24 heavy (non-hydrogen) atoms. The van der Waals surface area contributed by atoms with E-state index in [4.69, 9.17) is 16.3 Å². The Hall–Kier alpha value is -2.12. The monoisotopic (exact) mass is 409 g/mol. The molecule has 0 saturated carbocycles. The lowest BCUT2D eigenvalue weighted by Crippen LogP contribution is -2.16. The summed E-state index contributed by atoms with van der Waals surface area (Å²) in [5.74, 6) is -0.162. The summed E-state index contributed by atoms with van der Waals surface area (Å²) in [6.07, 6.45) is 0.0210. The maximum absolute atomic E-state index is 12.3. The minimum Gasteiger partial charge on any atom is -0.425 e. The van der Waals surface area contributed by atoms with Crippen LogP contribution in [0, 0.1) is 13.8 Å². The van der Waals surface area contributed by atoms with Gasteiger partial charge < -0.3 is 4.74 Å². The first-order valence-corrected chi connectivity index (χ1v) is 8.26. The van der Waals surface area contributed by atoms with Crippen LogP contribution >= 0.6 is 27.5 Å². The highest BCUT2D eigenvalue weighted by atomic mass is 79.9. The summed E-state index contributed by atoms with van der Waals surface area (Å²) in [6.45, 7) is 3.60. The van der Waals surface area contributed by atoms with Crippen molar-refractivity contribution in [2.75, 3.05) is 0 Å². The number of aromatic amines is 1. The number of carbonyl (C=O) groups excluding carboxylic acids is 1. The van der Waals surface area contributed by atoms with Crippen LogP contribution in [-0.2, 0) is 11.2 Å².